The standard InChI is InChI=1S/C2HN7O3/c10-7-2-1(3-5-7)4-9(12)6-8(2)11/h5H. The average Bonchev–Trinajstić information content (AvgIpc) is 2.31. The van der Waals surface area contributed by atoms with Crippen LogP contribution in [0.25, 0.3) is 11.3 Å². The molecule has 1 N–H and O–H groups in total. The molecular weight excluding hydrogens is 170 g/mol. The van der Waals surface area contributed by atoms with Crippen LogP contribution in [0.1, 0.15) is 0 Å². The highest BCUT2D eigenvalue weighted by molar-refractivity contribution is 5.53. The molecule has 0 saturated heterocycles. The summed E-state index contributed by atoms with van der Waals surface area (Å²) in [5.41, 5.74) is -0.743. The van der Waals surface area contributed by atoms with Crippen molar-refractivity contribution in [3.05, 3.63) is 15.6 Å². The number of aromatic amines is 1. The summed E-state index contributed by atoms with van der Waals surface area (Å²) < 4.78 is 0. The van der Waals surface area contributed by atoms with Crippen LogP contribution < -0.4 is 14.7 Å². The summed E-state index contributed by atoms with van der Waals surface area (Å²) in [5.74, 6) is 0. The maximum Gasteiger partial charge on any atom is 0.506 e. The van der Waals surface area contributed by atoms with Gasteiger partial charge in [0.1, 0.15) is 15.2 Å². The summed E-state index contributed by atoms with van der Waals surface area (Å²) in [7, 11) is 0. The Balaban J connectivity index is 2.93. The second-order valence-electron chi connectivity index (χ2n) is 1.87. The summed E-state index contributed by atoms with van der Waals surface area (Å²) in [4.78, 5) is -0.329. The summed E-state index contributed by atoms with van der Waals surface area (Å²) in [6.45, 7) is 0. The normalized spacial score (nSPS) is 10.7. The summed E-state index contributed by atoms with van der Waals surface area (Å²) in [5, 5.41) is 42.9. The molecule has 0 aliphatic rings. The first kappa shape index (κ1) is 6.45. The summed E-state index contributed by atoms with van der Waals surface area (Å²) in [6, 6.07) is 0. The fourth-order valence-corrected chi connectivity index (χ4v) is 0.724. The molecule has 12 heavy (non-hydrogen) atoms. The van der Waals surface area contributed by atoms with Crippen LogP contribution in [-0.2, 0) is 0 Å². The molecule has 0 fully saturated rings. The highest BCUT2D eigenvalue weighted by atomic mass is 16.6. The minimum absolute atomic E-state index is 0.0579. The van der Waals surface area contributed by atoms with E-state index in [-0.39, 0.29) is 20.3 Å². The predicted octanol–water partition coefficient (Wildman–Crippen LogP) is -3.75. The average molecular weight is 171 g/mol. The number of fused-ring (bicyclic) bond motifs is 1. The molecule has 10 nitrogen and oxygen atoms in total. The van der Waals surface area contributed by atoms with Gasteiger partial charge in [-0.15, -0.1) is 0 Å². The van der Waals surface area contributed by atoms with Gasteiger partial charge in [-0.3, -0.25) is 0 Å². The SMILES string of the molecule is [O-][n+]1nc2n[nH][n+]([O-])c2[n+]([O-])n1. The third-order valence-electron chi connectivity index (χ3n) is 1.16. The van der Waals surface area contributed by atoms with E-state index in [0.29, 0.717) is 0 Å². The van der Waals surface area contributed by atoms with Gasteiger partial charge in [-0.1, -0.05) is 4.85 Å². The second kappa shape index (κ2) is 1.87. The monoisotopic (exact) mass is 171 g/mol. The molecule has 0 radical (unpaired) electrons. The lowest BCUT2D eigenvalue weighted by Gasteiger charge is -1.92. The van der Waals surface area contributed by atoms with Crippen LogP contribution >= 0.6 is 0 Å². The molecule has 0 aliphatic carbocycles. The largest absolute Gasteiger partial charge is 0.656 e. The van der Waals surface area contributed by atoms with E-state index >= 15 is 0 Å². The zero-order valence-corrected chi connectivity index (χ0v) is 5.41. The Hall–Kier alpha value is -2.26. The summed E-state index contributed by atoms with van der Waals surface area (Å²) in [6.07, 6.45) is 0. The third-order valence-corrected chi connectivity index (χ3v) is 1.16. The molecule has 10 heteroatoms. The van der Waals surface area contributed by atoms with Crippen molar-refractivity contribution in [2.45, 2.75) is 0 Å². The Bertz CT molecular complexity index is 435. The van der Waals surface area contributed by atoms with Crippen molar-refractivity contribution in [1.82, 2.24) is 20.6 Å². The molecule has 62 valence electrons. The third kappa shape index (κ3) is 0.680. The lowest BCUT2D eigenvalue weighted by molar-refractivity contribution is -0.882. The van der Waals surface area contributed by atoms with E-state index in [1.807, 2.05) is 5.21 Å². The highest BCUT2D eigenvalue weighted by Crippen LogP contribution is 1.87. The Morgan fingerprint density at radius 3 is 2.75 bits per heavy atom. The Morgan fingerprint density at radius 2 is 2.00 bits per heavy atom. The maximum atomic E-state index is 10.7. The van der Waals surface area contributed by atoms with Crippen LogP contribution in [0.3, 0.4) is 0 Å². The first-order valence-electron chi connectivity index (χ1n) is 2.74. The lowest BCUT2D eigenvalue weighted by Crippen LogP contribution is -2.53. The maximum absolute atomic E-state index is 10.7. The van der Waals surface area contributed by atoms with E-state index in [1.54, 1.807) is 0 Å². The molecule has 0 atom stereocenters. The molecule has 2 heterocycles. The minimum atomic E-state index is -0.456. The quantitative estimate of drug-likeness (QED) is 0.319. The van der Waals surface area contributed by atoms with Crippen LogP contribution in [-0.4, -0.2) is 20.6 Å². The van der Waals surface area contributed by atoms with Gasteiger partial charge in [0.25, 0.3) is 5.21 Å². The molecule has 2 aromatic rings. The Labute approximate surface area is 63.4 Å². The van der Waals surface area contributed by atoms with Crippen LogP contribution in [0.4, 0.5) is 0 Å². The fraction of sp³-hybridized carbons (Fsp3) is 0. The number of hydrogen-bond donors (Lipinski definition) is 1. The molecule has 0 spiro atoms. The zero-order chi connectivity index (χ0) is 8.72. The molecule has 2 rings (SSSR count). The lowest BCUT2D eigenvalue weighted by atomic mass is 10.8. The smallest absolute Gasteiger partial charge is 0.506 e. The van der Waals surface area contributed by atoms with Crippen molar-refractivity contribution in [2.24, 2.45) is 0 Å². The van der Waals surface area contributed by atoms with Crippen LogP contribution in [0, 0.1) is 15.6 Å². The van der Waals surface area contributed by atoms with Gasteiger partial charge in [0.05, 0.1) is 0 Å². The van der Waals surface area contributed by atoms with Gasteiger partial charge in [-0.25, -0.2) is 0 Å². The van der Waals surface area contributed by atoms with Gasteiger partial charge in [0, 0.05) is 5.21 Å². The first-order valence-corrected chi connectivity index (χ1v) is 2.74. The van der Waals surface area contributed by atoms with Crippen molar-refractivity contribution in [2.75, 3.05) is 0 Å². The number of nitrogens with zero attached hydrogens (tertiary/aromatic N) is 6. The van der Waals surface area contributed by atoms with Gasteiger partial charge >= 0.3 is 11.3 Å². The van der Waals surface area contributed by atoms with E-state index in [9.17, 15) is 15.6 Å². The zero-order valence-electron chi connectivity index (χ0n) is 5.41. The Kier molecular flexibility index (Phi) is 1.00. The van der Waals surface area contributed by atoms with Crippen molar-refractivity contribution in [3.8, 4) is 0 Å². The van der Waals surface area contributed by atoms with Crippen molar-refractivity contribution >= 4 is 11.3 Å². The molecule has 0 aromatic carbocycles. The molecule has 0 aliphatic heterocycles. The van der Waals surface area contributed by atoms with E-state index in [2.05, 4.69) is 15.4 Å². The van der Waals surface area contributed by atoms with E-state index in [4.69, 9.17) is 0 Å². The van der Waals surface area contributed by atoms with Crippen molar-refractivity contribution in [3.63, 3.8) is 0 Å². The Morgan fingerprint density at radius 1 is 1.25 bits per heavy atom. The van der Waals surface area contributed by atoms with E-state index in [0.717, 1.165) is 0 Å². The van der Waals surface area contributed by atoms with Gasteiger partial charge in [0.15, 0.2) is 0 Å². The second-order valence-corrected chi connectivity index (χ2v) is 1.87. The predicted molar refractivity (Wildman–Crippen MR) is 28.6 cm³/mol. The number of aromatic nitrogens is 7. The molecule has 0 bridgehead atoms. The number of rotatable bonds is 0. The van der Waals surface area contributed by atoms with Gasteiger partial charge in [-0.05, 0) is 4.85 Å². The highest BCUT2D eigenvalue weighted by Gasteiger charge is 2.26. The van der Waals surface area contributed by atoms with Gasteiger partial charge < -0.3 is 15.6 Å². The minimum Gasteiger partial charge on any atom is -0.656 e. The number of H-pyrrole nitrogens is 1. The first-order chi connectivity index (χ1) is 5.68. The molecule has 2 aromatic heterocycles. The van der Waals surface area contributed by atoms with Gasteiger partial charge in [0.2, 0.25) is 0 Å². The van der Waals surface area contributed by atoms with E-state index < -0.39 is 5.65 Å². The summed E-state index contributed by atoms with van der Waals surface area (Å²) >= 11 is 0. The van der Waals surface area contributed by atoms with E-state index in [1.165, 1.54) is 0 Å². The fourth-order valence-electron chi connectivity index (χ4n) is 0.724. The molecule has 0 amide bonds. The van der Waals surface area contributed by atoms with Crippen LogP contribution in [0.15, 0.2) is 0 Å². The van der Waals surface area contributed by atoms with Crippen LogP contribution in [0.5, 0.6) is 0 Å². The molecule has 0 saturated carbocycles. The van der Waals surface area contributed by atoms with Gasteiger partial charge in [-0.2, -0.15) is 0 Å². The molecular formula is C2HN7O3. The molecule has 0 unspecified atom stereocenters. The number of hydrogen-bond acceptors (Lipinski definition) is 6. The topological polar surface area (TPSA) is 135 Å². The number of nitrogens with one attached hydrogen (secondary N) is 1. The van der Waals surface area contributed by atoms with Crippen LogP contribution in [0.2, 0.25) is 0 Å². The van der Waals surface area contributed by atoms with Crippen molar-refractivity contribution < 1.29 is 14.7 Å². The van der Waals surface area contributed by atoms with Crippen molar-refractivity contribution in [1.29, 1.82) is 0 Å².